The molecule has 12 nitrogen and oxygen atoms in total. The number of amides is 1. The monoisotopic (exact) mass is 932 g/mol. The molecule has 352 valence electrons. The van der Waals surface area contributed by atoms with Gasteiger partial charge in [0.1, 0.15) is 24.4 Å². The summed E-state index contributed by atoms with van der Waals surface area (Å²) in [5.41, 5.74) is 6.18. The number of rotatable bonds is 39. The second-order valence-electron chi connectivity index (χ2n) is 15.4. The van der Waals surface area contributed by atoms with Crippen LogP contribution >= 0.6 is 42.6 Å². The van der Waals surface area contributed by atoms with Crippen LogP contribution in [0.4, 0.5) is 0 Å². The summed E-state index contributed by atoms with van der Waals surface area (Å²) in [5, 5.41) is 3.04. The number of hydrogen-bond acceptors (Lipinski definition) is 11. The molecule has 0 aromatic carbocycles. The molecule has 1 amide bonds. The van der Waals surface area contributed by atoms with Crippen molar-refractivity contribution in [3.63, 3.8) is 0 Å². The Morgan fingerprint density at radius 3 is 1.92 bits per heavy atom. The van der Waals surface area contributed by atoms with Crippen molar-refractivity contribution in [2.75, 3.05) is 40.6 Å². The molecule has 0 aromatic heterocycles. The minimum absolute atomic E-state index is 0.0781. The average molecular weight is 934 g/mol. The first-order valence-corrected chi connectivity index (χ1v) is 25.0. The quantitative estimate of drug-likeness (QED) is 0.0200. The van der Waals surface area contributed by atoms with E-state index in [9.17, 15) is 9.36 Å². The Balaban J connectivity index is 3.19. The molecule has 7 atom stereocenters. The minimum Gasteiger partial charge on any atom is -0.382 e. The standard InChI is InChI=1S/C44H80Cl3N2O10P/c1-7-11-13-15-16-17-18-19-20-21-22-23-24-26-28-30-38(50)49-39-41(54-34-31-36(53-6)29-27-25-14-12-8-2)40(59-60(51,55-32-9-3)56-33-10-4)37(35-52-5)57-42(39)58-43(48)44(45,46)47/h9-10,17-18,36-37,39-43H,3-4,7-8,11-16,19-35,48H2,1-2,5-6H3,(H,49,50)/t36-,37-,39-,40+,41-,42+,43?/m1/s1. The van der Waals surface area contributed by atoms with E-state index in [2.05, 4.69) is 44.5 Å². The molecule has 3 N–H and O–H groups in total. The highest BCUT2D eigenvalue weighted by molar-refractivity contribution is 7.48. The zero-order chi connectivity index (χ0) is 44.5. The summed E-state index contributed by atoms with van der Waals surface area (Å²) in [5.74, 6) is -0.283. The Morgan fingerprint density at radius 1 is 0.817 bits per heavy atom. The van der Waals surface area contributed by atoms with Crippen LogP contribution in [-0.4, -0.2) is 93.3 Å². The van der Waals surface area contributed by atoms with E-state index in [-0.39, 0.29) is 44.9 Å². The van der Waals surface area contributed by atoms with Crippen molar-refractivity contribution in [2.45, 2.75) is 195 Å². The highest BCUT2D eigenvalue weighted by Gasteiger charge is 2.53. The van der Waals surface area contributed by atoms with Gasteiger partial charge >= 0.3 is 7.82 Å². The predicted molar refractivity (Wildman–Crippen MR) is 245 cm³/mol. The molecule has 1 aliphatic rings. The van der Waals surface area contributed by atoms with Crippen LogP contribution < -0.4 is 11.1 Å². The highest BCUT2D eigenvalue weighted by atomic mass is 35.6. The summed E-state index contributed by atoms with van der Waals surface area (Å²) < 4.78 is 59.6. The number of hydrogen-bond donors (Lipinski definition) is 2. The lowest BCUT2D eigenvalue weighted by molar-refractivity contribution is -0.286. The highest BCUT2D eigenvalue weighted by Crippen LogP contribution is 2.52. The fourth-order valence-corrected chi connectivity index (χ4v) is 8.34. The van der Waals surface area contributed by atoms with Crippen LogP contribution in [0, 0.1) is 0 Å². The minimum atomic E-state index is -4.31. The summed E-state index contributed by atoms with van der Waals surface area (Å²) >= 11 is 18.4. The van der Waals surface area contributed by atoms with Crippen LogP contribution in [0.3, 0.4) is 0 Å². The first-order valence-electron chi connectivity index (χ1n) is 22.4. The lowest BCUT2D eigenvalue weighted by Crippen LogP contribution is -2.67. The summed E-state index contributed by atoms with van der Waals surface area (Å²) in [4.78, 5) is 13.7. The van der Waals surface area contributed by atoms with E-state index < -0.39 is 48.5 Å². The number of phosphoric ester groups is 1. The number of carbonyl (C=O) groups excluding carboxylic acids is 1. The molecule has 0 bridgehead atoms. The molecule has 1 unspecified atom stereocenters. The third kappa shape index (κ3) is 26.3. The van der Waals surface area contributed by atoms with Gasteiger partial charge in [-0.05, 0) is 44.9 Å². The molecular weight excluding hydrogens is 854 g/mol. The van der Waals surface area contributed by atoms with Crippen molar-refractivity contribution in [3.05, 3.63) is 37.5 Å². The van der Waals surface area contributed by atoms with Gasteiger partial charge in [0.25, 0.3) is 0 Å². The van der Waals surface area contributed by atoms with Crippen LogP contribution in [0.25, 0.3) is 0 Å². The van der Waals surface area contributed by atoms with Crippen molar-refractivity contribution in [3.8, 4) is 0 Å². The molecule has 0 aromatic rings. The molecule has 0 aliphatic carbocycles. The van der Waals surface area contributed by atoms with Crippen molar-refractivity contribution >= 4 is 48.5 Å². The number of carbonyl (C=O) groups is 1. The van der Waals surface area contributed by atoms with E-state index in [0.29, 0.717) is 12.8 Å². The molecule has 0 spiro atoms. The number of nitrogens with two attached hydrogens (primary N) is 1. The third-order valence-electron chi connectivity index (χ3n) is 10.2. The Hall–Kier alpha value is -0.570. The zero-order valence-corrected chi connectivity index (χ0v) is 40.3. The molecular formula is C44H80Cl3N2O10P. The van der Waals surface area contributed by atoms with Gasteiger partial charge in [0.15, 0.2) is 12.5 Å². The van der Waals surface area contributed by atoms with Crippen LogP contribution in [0.5, 0.6) is 0 Å². The second kappa shape index (κ2) is 35.7. The number of phosphoric acid groups is 1. The summed E-state index contributed by atoms with van der Waals surface area (Å²) in [6.07, 6.45) is 23.4. The summed E-state index contributed by atoms with van der Waals surface area (Å²) in [6.45, 7) is 11.5. The molecule has 60 heavy (non-hydrogen) atoms. The molecule has 1 saturated heterocycles. The first kappa shape index (κ1) is 57.4. The third-order valence-corrected chi connectivity index (χ3v) is 12.3. The normalized spacial score (nSPS) is 21.0. The fourth-order valence-electron chi connectivity index (χ4n) is 6.86. The van der Waals surface area contributed by atoms with Gasteiger partial charge in [0, 0.05) is 27.2 Å². The van der Waals surface area contributed by atoms with E-state index in [1.165, 1.54) is 83.5 Å². The van der Waals surface area contributed by atoms with Gasteiger partial charge in [0.05, 0.1) is 25.9 Å². The van der Waals surface area contributed by atoms with Crippen LogP contribution in [0.1, 0.15) is 149 Å². The van der Waals surface area contributed by atoms with Gasteiger partial charge in [0.2, 0.25) is 9.70 Å². The molecule has 1 rings (SSSR count). The van der Waals surface area contributed by atoms with Crippen LogP contribution in [0.15, 0.2) is 37.5 Å². The van der Waals surface area contributed by atoms with Gasteiger partial charge < -0.3 is 34.7 Å². The van der Waals surface area contributed by atoms with E-state index in [1.807, 2.05) is 0 Å². The Bertz CT molecular complexity index is 1170. The number of allylic oxidation sites excluding steroid dienone is 2. The molecule has 16 heteroatoms. The molecule has 1 heterocycles. The number of unbranched alkanes of at least 4 members (excludes halogenated alkanes) is 15. The van der Waals surface area contributed by atoms with E-state index in [1.54, 1.807) is 7.11 Å². The average Bonchev–Trinajstić information content (AvgIpc) is 3.21. The van der Waals surface area contributed by atoms with Crippen molar-refractivity contribution in [2.24, 2.45) is 5.73 Å². The van der Waals surface area contributed by atoms with Gasteiger partial charge in [-0.15, -0.1) is 13.2 Å². The topological polar surface area (TPSA) is 146 Å². The Labute approximate surface area is 378 Å². The van der Waals surface area contributed by atoms with Crippen molar-refractivity contribution in [1.82, 2.24) is 5.32 Å². The van der Waals surface area contributed by atoms with Crippen molar-refractivity contribution < 1.29 is 46.6 Å². The summed E-state index contributed by atoms with van der Waals surface area (Å²) in [7, 11) is -1.17. The first-order chi connectivity index (χ1) is 28.9. The maximum absolute atomic E-state index is 14.1. The lowest BCUT2D eigenvalue weighted by Gasteiger charge is -2.47. The summed E-state index contributed by atoms with van der Waals surface area (Å²) in [6, 6.07) is -1.08. The Kier molecular flexibility index (Phi) is 34.2. The maximum Gasteiger partial charge on any atom is 0.475 e. The lowest BCUT2D eigenvalue weighted by atomic mass is 9.96. The number of nitrogens with one attached hydrogen (secondary N) is 1. The molecule has 1 fully saturated rings. The van der Waals surface area contributed by atoms with E-state index in [0.717, 1.165) is 51.4 Å². The Morgan fingerprint density at radius 2 is 1.37 bits per heavy atom. The molecule has 0 radical (unpaired) electrons. The fraction of sp³-hybridized carbons (Fsp3) is 0.841. The number of ether oxygens (including phenoxy) is 5. The van der Waals surface area contributed by atoms with Crippen LogP contribution in [0.2, 0.25) is 0 Å². The maximum atomic E-state index is 14.1. The van der Waals surface area contributed by atoms with Gasteiger partial charge in [-0.25, -0.2) is 4.57 Å². The largest absolute Gasteiger partial charge is 0.475 e. The number of methoxy groups -OCH3 is 2. The van der Waals surface area contributed by atoms with E-state index in [4.69, 9.17) is 77.8 Å². The van der Waals surface area contributed by atoms with Crippen molar-refractivity contribution in [1.29, 1.82) is 0 Å². The van der Waals surface area contributed by atoms with Gasteiger partial charge in [-0.1, -0.05) is 156 Å². The zero-order valence-electron chi connectivity index (χ0n) is 37.2. The van der Waals surface area contributed by atoms with Crippen LogP contribution in [-0.2, 0) is 46.6 Å². The SMILES string of the molecule is C=CCOP(=O)(OCC=C)O[C@@H]1[C@H](OCC[C@@H](CCCCCCC)OC)[C@@H](NC(=O)CCCCCCCCCC=CCCCCCC)[C@H](OC(N)C(Cl)(Cl)Cl)O[C@@H]1COC. The molecule has 0 saturated carbocycles. The molecule has 1 aliphatic heterocycles. The van der Waals surface area contributed by atoms with Gasteiger partial charge in [-0.3, -0.25) is 18.4 Å². The van der Waals surface area contributed by atoms with E-state index >= 15 is 0 Å². The number of alkyl halides is 3. The van der Waals surface area contributed by atoms with Gasteiger partial charge in [-0.2, -0.15) is 0 Å². The smallest absolute Gasteiger partial charge is 0.382 e. The predicted octanol–water partition coefficient (Wildman–Crippen LogP) is 11.6. The second-order valence-corrected chi connectivity index (χ2v) is 19.4. The number of halogens is 3.